The molecule has 2 aromatic heterocycles. The molecule has 1 saturated heterocycles. The first-order valence-electron chi connectivity index (χ1n) is 10.2. The smallest absolute Gasteiger partial charge is 0.252 e. The van der Waals surface area contributed by atoms with E-state index < -0.39 is 10.0 Å². The predicted molar refractivity (Wildman–Crippen MR) is 123 cm³/mol. The third-order valence-electron chi connectivity index (χ3n) is 4.95. The first-order chi connectivity index (χ1) is 15.2. The van der Waals surface area contributed by atoms with Crippen molar-refractivity contribution >= 4 is 33.5 Å². The number of carbonyl (C=O) groups excluding carboxylic acids is 1. The van der Waals surface area contributed by atoms with Gasteiger partial charge in [-0.2, -0.15) is 9.78 Å². The average Bonchev–Trinajstić information content (AvgIpc) is 3.27. The Morgan fingerprint density at radius 3 is 2.34 bits per heavy atom. The lowest BCUT2D eigenvalue weighted by molar-refractivity contribution is -0.111. The molecule has 0 saturated carbocycles. The first kappa shape index (κ1) is 21.7. The number of hydrogen-bond donors (Lipinski definition) is 1. The second-order valence-corrected chi connectivity index (χ2v) is 9.70. The number of rotatable bonds is 5. The van der Waals surface area contributed by atoms with Gasteiger partial charge in [0.15, 0.2) is 0 Å². The van der Waals surface area contributed by atoms with E-state index in [1.54, 1.807) is 36.4 Å². The Kier molecular flexibility index (Phi) is 5.79. The topological polar surface area (TPSA) is 110 Å². The SMILES string of the molecule is Cc1cc(C)nc(-n2nc(C)cc2NC(=O)/C=C/c2ccc(N3CCCS3(=O)=O)cc2)n1. The summed E-state index contributed by atoms with van der Waals surface area (Å²) in [6.07, 6.45) is 3.71. The molecule has 1 fully saturated rings. The quantitative estimate of drug-likeness (QED) is 0.596. The van der Waals surface area contributed by atoms with E-state index in [1.807, 2.05) is 26.8 Å². The third-order valence-corrected chi connectivity index (χ3v) is 6.82. The van der Waals surface area contributed by atoms with Gasteiger partial charge in [0.2, 0.25) is 15.9 Å². The van der Waals surface area contributed by atoms with Gasteiger partial charge in [0, 0.05) is 30.1 Å². The molecule has 0 spiro atoms. The molecular formula is C22H24N6O3S. The highest BCUT2D eigenvalue weighted by Crippen LogP contribution is 2.24. The number of benzene rings is 1. The normalized spacial score (nSPS) is 15.4. The van der Waals surface area contributed by atoms with Crippen molar-refractivity contribution in [2.75, 3.05) is 21.9 Å². The van der Waals surface area contributed by atoms with Crippen molar-refractivity contribution < 1.29 is 13.2 Å². The minimum absolute atomic E-state index is 0.179. The summed E-state index contributed by atoms with van der Waals surface area (Å²) in [5.41, 5.74) is 3.75. The number of nitrogens with one attached hydrogen (secondary N) is 1. The first-order valence-corrected chi connectivity index (χ1v) is 11.8. The highest BCUT2D eigenvalue weighted by Gasteiger charge is 2.28. The summed E-state index contributed by atoms with van der Waals surface area (Å²) in [7, 11) is -3.21. The molecule has 4 rings (SSSR count). The lowest BCUT2D eigenvalue weighted by Crippen LogP contribution is -2.24. The summed E-state index contributed by atoms with van der Waals surface area (Å²) in [4.78, 5) is 21.3. The van der Waals surface area contributed by atoms with Gasteiger partial charge in [-0.15, -0.1) is 0 Å². The molecule has 0 aliphatic carbocycles. The Morgan fingerprint density at radius 2 is 1.72 bits per heavy atom. The maximum atomic E-state index is 12.5. The molecule has 166 valence electrons. The van der Waals surface area contributed by atoms with Gasteiger partial charge in [-0.3, -0.25) is 9.10 Å². The minimum atomic E-state index is -3.21. The zero-order valence-electron chi connectivity index (χ0n) is 18.1. The lowest BCUT2D eigenvalue weighted by Gasteiger charge is -2.16. The van der Waals surface area contributed by atoms with Crippen LogP contribution in [0.3, 0.4) is 0 Å². The maximum Gasteiger partial charge on any atom is 0.252 e. The molecule has 1 amide bonds. The molecule has 32 heavy (non-hydrogen) atoms. The molecule has 0 bridgehead atoms. The van der Waals surface area contributed by atoms with E-state index in [4.69, 9.17) is 0 Å². The van der Waals surface area contributed by atoms with Crippen LogP contribution < -0.4 is 9.62 Å². The zero-order valence-corrected chi connectivity index (χ0v) is 18.9. The largest absolute Gasteiger partial charge is 0.307 e. The molecule has 9 nitrogen and oxygen atoms in total. The van der Waals surface area contributed by atoms with Gasteiger partial charge >= 0.3 is 0 Å². The minimum Gasteiger partial charge on any atom is -0.307 e. The Labute approximate surface area is 186 Å². The van der Waals surface area contributed by atoms with Gasteiger partial charge in [0.1, 0.15) is 5.82 Å². The number of anilines is 2. The van der Waals surface area contributed by atoms with Crippen LogP contribution in [0.4, 0.5) is 11.5 Å². The maximum absolute atomic E-state index is 12.5. The van der Waals surface area contributed by atoms with Crippen molar-refractivity contribution in [3.05, 3.63) is 65.1 Å². The number of carbonyl (C=O) groups is 1. The van der Waals surface area contributed by atoms with Crippen molar-refractivity contribution in [1.29, 1.82) is 0 Å². The van der Waals surface area contributed by atoms with Gasteiger partial charge < -0.3 is 5.32 Å². The van der Waals surface area contributed by atoms with Gasteiger partial charge in [0.05, 0.1) is 17.1 Å². The Balaban J connectivity index is 1.47. The van der Waals surface area contributed by atoms with Gasteiger partial charge in [-0.05, 0) is 57.0 Å². The fourth-order valence-electron chi connectivity index (χ4n) is 3.56. The summed E-state index contributed by atoms with van der Waals surface area (Å²) in [5, 5.41) is 7.21. The summed E-state index contributed by atoms with van der Waals surface area (Å²) < 4.78 is 27.0. The molecule has 0 unspecified atom stereocenters. The lowest BCUT2D eigenvalue weighted by atomic mass is 10.2. The summed E-state index contributed by atoms with van der Waals surface area (Å²) >= 11 is 0. The van der Waals surface area contributed by atoms with E-state index in [9.17, 15) is 13.2 Å². The van der Waals surface area contributed by atoms with Crippen molar-refractivity contribution in [1.82, 2.24) is 19.7 Å². The molecule has 1 aliphatic rings. The fourth-order valence-corrected chi connectivity index (χ4v) is 5.13. The van der Waals surface area contributed by atoms with Crippen LogP contribution in [-0.4, -0.2) is 46.4 Å². The van der Waals surface area contributed by atoms with E-state index in [0.29, 0.717) is 30.4 Å². The molecule has 10 heteroatoms. The second-order valence-electron chi connectivity index (χ2n) is 7.69. The van der Waals surface area contributed by atoms with Crippen molar-refractivity contribution in [2.45, 2.75) is 27.2 Å². The monoisotopic (exact) mass is 452 g/mol. The highest BCUT2D eigenvalue weighted by atomic mass is 32.2. The van der Waals surface area contributed by atoms with Crippen LogP contribution in [0.25, 0.3) is 12.0 Å². The predicted octanol–water partition coefficient (Wildman–Crippen LogP) is 2.78. The molecule has 3 aromatic rings. The summed E-state index contributed by atoms with van der Waals surface area (Å²) in [5.74, 6) is 0.707. The van der Waals surface area contributed by atoms with Crippen LogP contribution >= 0.6 is 0 Å². The Bertz CT molecular complexity index is 1280. The average molecular weight is 453 g/mol. The number of amides is 1. The third kappa shape index (κ3) is 4.70. The molecule has 1 N–H and O–H groups in total. The van der Waals surface area contributed by atoms with E-state index in [2.05, 4.69) is 20.4 Å². The van der Waals surface area contributed by atoms with Gasteiger partial charge in [-0.1, -0.05) is 12.1 Å². The Hall–Kier alpha value is -3.53. The second kappa shape index (κ2) is 8.54. The van der Waals surface area contributed by atoms with E-state index in [0.717, 1.165) is 22.6 Å². The number of sulfonamides is 1. The number of aromatic nitrogens is 4. The number of nitrogens with zero attached hydrogens (tertiary/aromatic N) is 5. The molecule has 0 atom stereocenters. The summed E-state index contributed by atoms with van der Waals surface area (Å²) in [6, 6.07) is 10.7. The van der Waals surface area contributed by atoms with E-state index in [-0.39, 0.29) is 11.7 Å². The van der Waals surface area contributed by atoms with Crippen LogP contribution in [0.2, 0.25) is 0 Å². The molecule has 0 radical (unpaired) electrons. The molecular weight excluding hydrogens is 428 g/mol. The standard InChI is InChI=1S/C22H24N6O3S/c1-15-13-16(2)24-22(23-15)28-20(14-17(3)26-28)25-21(29)10-7-18-5-8-19(9-6-18)27-11-4-12-32(27,30)31/h5-10,13-14H,4,11-12H2,1-3H3,(H,25,29)/b10-7+. The number of aryl methyl sites for hydroxylation is 3. The van der Waals surface area contributed by atoms with Gasteiger partial charge in [0.25, 0.3) is 5.95 Å². The molecule has 1 aliphatic heterocycles. The van der Waals surface area contributed by atoms with Crippen molar-refractivity contribution in [3.63, 3.8) is 0 Å². The van der Waals surface area contributed by atoms with Gasteiger partial charge in [-0.25, -0.2) is 18.4 Å². The van der Waals surface area contributed by atoms with Crippen LogP contribution in [0.5, 0.6) is 0 Å². The number of hydrogen-bond acceptors (Lipinski definition) is 6. The van der Waals surface area contributed by atoms with E-state index in [1.165, 1.54) is 15.1 Å². The molecule has 3 heterocycles. The Morgan fingerprint density at radius 1 is 1.03 bits per heavy atom. The summed E-state index contributed by atoms with van der Waals surface area (Å²) in [6.45, 7) is 6.07. The zero-order chi connectivity index (χ0) is 22.9. The van der Waals surface area contributed by atoms with Crippen molar-refractivity contribution in [2.24, 2.45) is 0 Å². The molecule has 1 aromatic carbocycles. The van der Waals surface area contributed by atoms with Crippen molar-refractivity contribution in [3.8, 4) is 5.95 Å². The van der Waals surface area contributed by atoms with E-state index >= 15 is 0 Å². The van der Waals surface area contributed by atoms with Crippen LogP contribution in [0.15, 0.2) is 42.5 Å². The van der Waals surface area contributed by atoms with Crippen LogP contribution in [0.1, 0.15) is 29.1 Å². The van der Waals surface area contributed by atoms with Crippen LogP contribution in [0, 0.1) is 20.8 Å². The highest BCUT2D eigenvalue weighted by molar-refractivity contribution is 7.93. The fraction of sp³-hybridized carbons (Fsp3) is 0.273. The van der Waals surface area contributed by atoms with Crippen LogP contribution in [-0.2, 0) is 14.8 Å².